The van der Waals surface area contributed by atoms with Crippen molar-refractivity contribution in [1.29, 1.82) is 0 Å². The number of ether oxygens (including phenoxy) is 3. The van der Waals surface area contributed by atoms with E-state index in [2.05, 4.69) is 10.6 Å². The maximum absolute atomic E-state index is 12.2. The highest BCUT2D eigenvalue weighted by atomic mass is 16.5. The zero-order chi connectivity index (χ0) is 18.4. The summed E-state index contributed by atoms with van der Waals surface area (Å²) in [5.41, 5.74) is 3.71. The van der Waals surface area contributed by atoms with E-state index in [4.69, 9.17) is 14.2 Å². The molecule has 0 spiro atoms. The lowest BCUT2D eigenvalue weighted by Crippen LogP contribution is -2.22. The lowest BCUT2D eigenvalue weighted by Gasteiger charge is -2.15. The Morgan fingerprint density at radius 3 is 2.20 bits per heavy atom. The highest BCUT2D eigenvalue weighted by Gasteiger charge is 2.14. The van der Waals surface area contributed by atoms with Gasteiger partial charge in [-0.2, -0.15) is 0 Å². The van der Waals surface area contributed by atoms with Crippen molar-refractivity contribution in [3.8, 4) is 17.2 Å². The second-order valence-electron chi connectivity index (χ2n) is 5.56. The third-order valence-corrected chi connectivity index (χ3v) is 4.00. The first kappa shape index (κ1) is 18.4. The lowest BCUT2D eigenvalue weighted by atomic mass is 10.1. The number of aryl methyl sites for hydroxylation is 1. The molecule has 0 atom stereocenters. The maximum Gasteiger partial charge on any atom is 0.243 e. The molecular weight excluding hydrogens is 320 g/mol. The monoisotopic (exact) mass is 344 g/mol. The van der Waals surface area contributed by atoms with Crippen molar-refractivity contribution in [2.24, 2.45) is 0 Å². The summed E-state index contributed by atoms with van der Waals surface area (Å²) in [7, 11) is 4.65. The molecule has 1 amide bonds. The third kappa shape index (κ3) is 4.35. The molecule has 0 heterocycles. The highest BCUT2D eigenvalue weighted by Crippen LogP contribution is 2.39. The molecule has 0 aromatic heterocycles. The van der Waals surface area contributed by atoms with Crippen LogP contribution in [0.5, 0.6) is 17.2 Å². The van der Waals surface area contributed by atoms with Crippen LogP contribution >= 0.6 is 0 Å². The van der Waals surface area contributed by atoms with Crippen LogP contribution < -0.4 is 24.8 Å². The minimum atomic E-state index is -0.137. The van der Waals surface area contributed by atoms with Crippen LogP contribution in [0, 0.1) is 13.8 Å². The Kier molecular flexibility index (Phi) is 6.11. The smallest absolute Gasteiger partial charge is 0.243 e. The average Bonchev–Trinajstić information content (AvgIpc) is 2.62. The number of hydrogen-bond acceptors (Lipinski definition) is 5. The van der Waals surface area contributed by atoms with Crippen molar-refractivity contribution >= 4 is 17.3 Å². The summed E-state index contributed by atoms with van der Waals surface area (Å²) < 4.78 is 15.9. The first-order chi connectivity index (χ1) is 12.0. The van der Waals surface area contributed by atoms with Gasteiger partial charge in [0, 0.05) is 23.5 Å². The number of methoxy groups -OCH3 is 3. The number of amides is 1. The van der Waals surface area contributed by atoms with Crippen LogP contribution in [0.3, 0.4) is 0 Å². The summed E-state index contributed by atoms with van der Waals surface area (Å²) in [6, 6.07) is 9.34. The molecule has 0 aliphatic heterocycles. The Labute approximate surface area is 148 Å². The topological polar surface area (TPSA) is 68.8 Å². The van der Waals surface area contributed by atoms with Crippen molar-refractivity contribution in [3.05, 3.63) is 41.5 Å². The molecule has 2 aromatic rings. The molecule has 134 valence electrons. The number of nitrogens with one attached hydrogen (secondary N) is 2. The van der Waals surface area contributed by atoms with Crippen LogP contribution in [0.15, 0.2) is 30.3 Å². The van der Waals surface area contributed by atoms with Crippen LogP contribution in [0.2, 0.25) is 0 Å². The summed E-state index contributed by atoms with van der Waals surface area (Å²) >= 11 is 0. The van der Waals surface area contributed by atoms with E-state index in [9.17, 15) is 4.79 Å². The van der Waals surface area contributed by atoms with E-state index in [1.807, 2.05) is 32.0 Å². The number of hydrogen-bond donors (Lipinski definition) is 2. The van der Waals surface area contributed by atoms with E-state index in [1.54, 1.807) is 33.5 Å². The number of anilines is 2. The third-order valence-electron chi connectivity index (χ3n) is 4.00. The average molecular weight is 344 g/mol. The standard InChI is InChI=1S/C19H24N2O4/c1-12-7-6-8-15(13(12)2)21-18(22)11-20-14-9-16(23-3)19(25-5)17(10-14)24-4/h6-10,20H,11H2,1-5H3,(H,21,22). The van der Waals surface area contributed by atoms with Crippen LogP contribution in [-0.2, 0) is 4.79 Å². The Morgan fingerprint density at radius 2 is 1.64 bits per heavy atom. The minimum Gasteiger partial charge on any atom is -0.493 e. The van der Waals surface area contributed by atoms with E-state index in [1.165, 1.54) is 0 Å². The van der Waals surface area contributed by atoms with Crippen molar-refractivity contribution < 1.29 is 19.0 Å². The van der Waals surface area contributed by atoms with Gasteiger partial charge in [0.05, 0.1) is 27.9 Å². The maximum atomic E-state index is 12.2. The van der Waals surface area contributed by atoms with Gasteiger partial charge in [0.25, 0.3) is 0 Å². The van der Waals surface area contributed by atoms with Crippen LogP contribution in [-0.4, -0.2) is 33.8 Å². The van der Waals surface area contributed by atoms with Crippen LogP contribution in [0.1, 0.15) is 11.1 Å². The fourth-order valence-electron chi connectivity index (χ4n) is 2.45. The number of rotatable bonds is 7. The first-order valence-electron chi connectivity index (χ1n) is 7.90. The van der Waals surface area contributed by atoms with Gasteiger partial charge in [0.1, 0.15) is 0 Å². The predicted octanol–water partition coefficient (Wildman–Crippen LogP) is 3.38. The zero-order valence-corrected chi connectivity index (χ0v) is 15.2. The normalized spacial score (nSPS) is 10.1. The van der Waals surface area contributed by atoms with E-state index in [0.29, 0.717) is 22.9 Å². The molecule has 6 nitrogen and oxygen atoms in total. The Bertz CT molecular complexity index is 734. The van der Waals surface area contributed by atoms with E-state index in [0.717, 1.165) is 16.8 Å². The van der Waals surface area contributed by atoms with Crippen molar-refractivity contribution in [2.75, 3.05) is 38.5 Å². The molecule has 0 saturated heterocycles. The fraction of sp³-hybridized carbons (Fsp3) is 0.316. The minimum absolute atomic E-state index is 0.117. The van der Waals surface area contributed by atoms with Crippen LogP contribution in [0.4, 0.5) is 11.4 Å². The Balaban J connectivity index is 2.08. The lowest BCUT2D eigenvalue weighted by molar-refractivity contribution is -0.114. The van der Waals surface area contributed by atoms with Gasteiger partial charge >= 0.3 is 0 Å². The molecule has 0 bridgehead atoms. The summed E-state index contributed by atoms with van der Waals surface area (Å²) in [5, 5.41) is 5.98. The molecule has 6 heteroatoms. The van der Waals surface area contributed by atoms with Gasteiger partial charge in [0.2, 0.25) is 11.7 Å². The first-order valence-corrected chi connectivity index (χ1v) is 7.90. The van der Waals surface area contributed by atoms with Gasteiger partial charge < -0.3 is 24.8 Å². The summed E-state index contributed by atoms with van der Waals surface area (Å²) in [4.78, 5) is 12.2. The van der Waals surface area contributed by atoms with E-state index < -0.39 is 0 Å². The number of carbonyl (C=O) groups excluding carboxylic acids is 1. The second kappa shape index (κ2) is 8.28. The molecule has 0 saturated carbocycles. The molecular formula is C19H24N2O4. The van der Waals surface area contributed by atoms with Crippen molar-refractivity contribution in [1.82, 2.24) is 0 Å². The molecule has 25 heavy (non-hydrogen) atoms. The van der Waals surface area contributed by atoms with Gasteiger partial charge in [-0.1, -0.05) is 12.1 Å². The molecule has 0 aliphatic rings. The molecule has 2 N–H and O–H groups in total. The molecule has 0 aliphatic carbocycles. The molecule has 0 unspecified atom stereocenters. The molecule has 0 radical (unpaired) electrons. The molecule has 2 aromatic carbocycles. The molecule has 0 fully saturated rings. The number of carbonyl (C=O) groups is 1. The summed E-state index contributed by atoms with van der Waals surface area (Å²) in [5.74, 6) is 1.43. The van der Waals surface area contributed by atoms with Crippen LogP contribution in [0.25, 0.3) is 0 Å². The molecule has 2 rings (SSSR count). The second-order valence-corrected chi connectivity index (χ2v) is 5.56. The summed E-state index contributed by atoms with van der Waals surface area (Å²) in [6.07, 6.45) is 0. The Hall–Kier alpha value is -2.89. The highest BCUT2D eigenvalue weighted by molar-refractivity contribution is 5.94. The fourth-order valence-corrected chi connectivity index (χ4v) is 2.45. The van der Waals surface area contributed by atoms with Gasteiger partial charge in [-0.15, -0.1) is 0 Å². The van der Waals surface area contributed by atoms with Gasteiger partial charge in [-0.05, 0) is 31.0 Å². The predicted molar refractivity (Wildman–Crippen MR) is 99.1 cm³/mol. The SMILES string of the molecule is COc1cc(NCC(=O)Nc2cccc(C)c2C)cc(OC)c1OC. The van der Waals surface area contributed by atoms with Gasteiger partial charge in [-0.3, -0.25) is 4.79 Å². The zero-order valence-electron chi connectivity index (χ0n) is 15.2. The van der Waals surface area contributed by atoms with Gasteiger partial charge in [-0.25, -0.2) is 0 Å². The van der Waals surface area contributed by atoms with E-state index in [-0.39, 0.29) is 12.5 Å². The quantitative estimate of drug-likeness (QED) is 0.806. The number of benzene rings is 2. The van der Waals surface area contributed by atoms with Crippen molar-refractivity contribution in [3.63, 3.8) is 0 Å². The van der Waals surface area contributed by atoms with E-state index >= 15 is 0 Å². The van der Waals surface area contributed by atoms with Gasteiger partial charge in [0.15, 0.2) is 11.5 Å². The summed E-state index contributed by atoms with van der Waals surface area (Å²) in [6.45, 7) is 4.11. The largest absolute Gasteiger partial charge is 0.493 e. The Morgan fingerprint density at radius 1 is 1.00 bits per heavy atom. The van der Waals surface area contributed by atoms with Crippen molar-refractivity contribution in [2.45, 2.75) is 13.8 Å².